The number of fused-ring (bicyclic) bond motifs is 11. The molecule has 0 bridgehead atoms. The topological polar surface area (TPSA) is 35.4 Å². The number of ether oxygens (including phenoxy) is 2. The number of aromatic nitrogens is 1. The molecule has 51 heavy (non-hydrogen) atoms. The van der Waals surface area contributed by atoms with Crippen LogP contribution in [0.2, 0.25) is 0 Å². The molecule has 2 unspecified atom stereocenters. The monoisotopic (exact) mass is 660 g/mol. The summed E-state index contributed by atoms with van der Waals surface area (Å²) < 4.78 is 16.3. The first-order chi connectivity index (χ1) is 25.3. The predicted octanol–water partition coefficient (Wildman–Crippen LogP) is 11.7. The van der Waals surface area contributed by atoms with Crippen LogP contribution in [0.25, 0.3) is 38.6 Å². The Balaban J connectivity index is 1.16. The summed E-state index contributed by atoms with van der Waals surface area (Å²) in [5.74, 6) is 3.49. The van der Waals surface area contributed by atoms with Crippen molar-refractivity contribution >= 4 is 27.5 Å². The van der Waals surface area contributed by atoms with Gasteiger partial charge in [-0.25, -0.2) is 0 Å². The largest absolute Gasteiger partial charge is 0.457 e. The van der Waals surface area contributed by atoms with Gasteiger partial charge in [-0.2, -0.15) is 0 Å². The summed E-state index contributed by atoms with van der Waals surface area (Å²) in [5, 5.41) is 6.13. The zero-order valence-electron chi connectivity index (χ0n) is 28.2. The molecule has 4 nitrogen and oxygen atoms in total. The number of nitrogens with one attached hydrogen (secondary N) is 1. The van der Waals surface area contributed by atoms with Gasteiger partial charge in [-0.3, -0.25) is 0 Å². The number of hydrogen-bond acceptors (Lipinski definition) is 3. The standard InChI is InChI=1S/C47H36N2O2/c1-2-12-32(13-3-1)49-40-19-7-4-14-34(40)46-33(15-10-20-41(46)49)30-23-25-37-44(28-30)50-42-21-8-5-16-35(42)47(37)36-17-6-9-22-43(36)51-45-29-31(24-26-38(45)47)39-18-11-27-48-39/h2,4-10,12,14-26,28-29,32,48H,1,3,11,13,27H2. The lowest BCUT2D eigenvalue weighted by Crippen LogP contribution is -2.36. The van der Waals surface area contributed by atoms with Crippen molar-refractivity contribution in [1.82, 2.24) is 9.88 Å². The highest BCUT2D eigenvalue weighted by molar-refractivity contribution is 6.15. The van der Waals surface area contributed by atoms with Gasteiger partial charge in [0.2, 0.25) is 0 Å². The van der Waals surface area contributed by atoms with Gasteiger partial charge in [0.25, 0.3) is 0 Å². The summed E-state index contributed by atoms with van der Waals surface area (Å²) in [7, 11) is 0. The molecule has 4 heterocycles. The van der Waals surface area contributed by atoms with Crippen molar-refractivity contribution in [1.29, 1.82) is 0 Å². The molecule has 7 aromatic rings. The Kier molecular flexibility index (Phi) is 6.21. The maximum absolute atomic E-state index is 6.93. The summed E-state index contributed by atoms with van der Waals surface area (Å²) in [4.78, 5) is 0. The second kappa shape index (κ2) is 11.0. The zero-order chi connectivity index (χ0) is 33.5. The van der Waals surface area contributed by atoms with E-state index in [1.165, 1.54) is 39.5 Å². The summed E-state index contributed by atoms with van der Waals surface area (Å²) in [6.07, 6.45) is 11.6. The summed E-state index contributed by atoms with van der Waals surface area (Å²) in [5.41, 5.74) is 11.1. The molecule has 1 N–H and O–H groups in total. The fraction of sp³-hybridized carbons (Fsp3) is 0.149. The molecule has 0 amide bonds. The van der Waals surface area contributed by atoms with Crippen molar-refractivity contribution in [3.8, 4) is 34.1 Å². The second-order valence-electron chi connectivity index (χ2n) is 14.2. The number of rotatable bonds is 3. The Morgan fingerprint density at radius 2 is 1.27 bits per heavy atom. The van der Waals surface area contributed by atoms with Crippen LogP contribution in [0.15, 0.2) is 146 Å². The minimum atomic E-state index is -0.627. The summed E-state index contributed by atoms with van der Waals surface area (Å²) in [6.45, 7) is 0.965. The van der Waals surface area contributed by atoms with E-state index in [1.807, 2.05) is 0 Å². The molecule has 6 aromatic carbocycles. The van der Waals surface area contributed by atoms with E-state index in [2.05, 4.69) is 156 Å². The molecule has 4 aliphatic rings. The Hall–Kier alpha value is -6.00. The van der Waals surface area contributed by atoms with Gasteiger partial charge in [0.1, 0.15) is 23.0 Å². The first kappa shape index (κ1) is 28.8. The van der Waals surface area contributed by atoms with Gasteiger partial charge in [0.15, 0.2) is 0 Å². The molecule has 1 aliphatic carbocycles. The van der Waals surface area contributed by atoms with Crippen molar-refractivity contribution in [3.63, 3.8) is 0 Å². The Morgan fingerprint density at radius 1 is 0.608 bits per heavy atom. The maximum Gasteiger partial charge on any atom is 0.132 e. The average Bonchev–Trinajstić information content (AvgIpc) is 3.85. The molecule has 0 fully saturated rings. The van der Waals surface area contributed by atoms with E-state index in [1.54, 1.807) is 0 Å². The molecule has 0 radical (unpaired) electrons. The van der Waals surface area contributed by atoms with Crippen LogP contribution in [0.1, 0.15) is 59.5 Å². The van der Waals surface area contributed by atoms with Gasteiger partial charge in [-0.15, -0.1) is 0 Å². The summed E-state index contributed by atoms with van der Waals surface area (Å²) in [6, 6.07) is 46.7. The lowest BCUT2D eigenvalue weighted by Gasteiger charge is -2.45. The molecule has 246 valence electrons. The van der Waals surface area contributed by atoms with Gasteiger partial charge in [0.05, 0.1) is 17.0 Å². The lowest BCUT2D eigenvalue weighted by molar-refractivity contribution is 0.399. The Morgan fingerprint density at radius 3 is 2.00 bits per heavy atom. The third-order valence-electron chi connectivity index (χ3n) is 11.5. The maximum atomic E-state index is 6.93. The van der Waals surface area contributed by atoms with Gasteiger partial charge in [0, 0.05) is 56.3 Å². The zero-order valence-corrected chi connectivity index (χ0v) is 28.2. The van der Waals surface area contributed by atoms with Gasteiger partial charge in [-0.05, 0) is 73.2 Å². The van der Waals surface area contributed by atoms with Crippen LogP contribution in [0.5, 0.6) is 23.0 Å². The first-order valence-corrected chi connectivity index (χ1v) is 18.3. The van der Waals surface area contributed by atoms with Gasteiger partial charge >= 0.3 is 0 Å². The summed E-state index contributed by atoms with van der Waals surface area (Å²) >= 11 is 0. The van der Waals surface area contributed by atoms with Crippen molar-refractivity contribution in [2.24, 2.45) is 0 Å². The quantitative estimate of drug-likeness (QED) is 0.192. The van der Waals surface area contributed by atoms with Gasteiger partial charge < -0.3 is 19.4 Å². The third-order valence-corrected chi connectivity index (χ3v) is 11.5. The first-order valence-electron chi connectivity index (χ1n) is 18.3. The molecule has 2 atom stereocenters. The van der Waals surface area contributed by atoms with E-state index in [9.17, 15) is 0 Å². The van der Waals surface area contributed by atoms with E-state index < -0.39 is 5.41 Å². The van der Waals surface area contributed by atoms with Crippen molar-refractivity contribution in [3.05, 3.63) is 173 Å². The number of nitrogens with zero attached hydrogens (tertiary/aromatic N) is 1. The fourth-order valence-corrected chi connectivity index (χ4v) is 9.38. The van der Waals surface area contributed by atoms with E-state index in [4.69, 9.17) is 9.47 Å². The van der Waals surface area contributed by atoms with Crippen LogP contribution in [0.4, 0.5) is 0 Å². The Labute approximate surface area is 297 Å². The second-order valence-corrected chi connectivity index (χ2v) is 14.2. The highest BCUT2D eigenvalue weighted by Gasteiger charge is 2.50. The van der Waals surface area contributed by atoms with Crippen LogP contribution in [0, 0.1) is 0 Å². The van der Waals surface area contributed by atoms with Crippen LogP contribution in [-0.2, 0) is 5.41 Å². The van der Waals surface area contributed by atoms with Crippen LogP contribution in [-0.4, -0.2) is 11.1 Å². The number of allylic oxidation sites excluding steroid dienone is 2. The minimum absolute atomic E-state index is 0.356. The molecular weight excluding hydrogens is 625 g/mol. The normalized spacial score (nSPS) is 19.8. The van der Waals surface area contributed by atoms with Gasteiger partial charge in [-0.1, -0.05) is 109 Å². The lowest BCUT2D eigenvalue weighted by atomic mass is 9.62. The molecule has 3 aliphatic heterocycles. The smallest absolute Gasteiger partial charge is 0.132 e. The predicted molar refractivity (Wildman–Crippen MR) is 206 cm³/mol. The van der Waals surface area contributed by atoms with E-state index in [0.29, 0.717) is 6.04 Å². The molecule has 1 spiro atoms. The van der Waals surface area contributed by atoms with Crippen LogP contribution < -0.4 is 14.8 Å². The molecule has 4 heteroatoms. The molecular formula is C47H36N2O2. The van der Waals surface area contributed by atoms with E-state index in [-0.39, 0.29) is 0 Å². The number of hydrogen-bond donors (Lipinski definition) is 1. The van der Waals surface area contributed by atoms with Crippen LogP contribution in [0.3, 0.4) is 0 Å². The van der Waals surface area contributed by atoms with E-state index in [0.717, 1.165) is 82.2 Å². The average molecular weight is 661 g/mol. The van der Waals surface area contributed by atoms with Crippen molar-refractivity contribution < 1.29 is 9.47 Å². The molecule has 0 saturated carbocycles. The third kappa shape index (κ3) is 4.08. The molecule has 1 aromatic heterocycles. The van der Waals surface area contributed by atoms with Crippen LogP contribution >= 0.6 is 0 Å². The highest BCUT2D eigenvalue weighted by atomic mass is 16.5. The number of para-hydroxylation sites is 3. The number of benzene rings is 6. The minimum Gasteiger partial charge on any atom is -0.457 e. The fourth-order valence-electron chi connectivity index (χ4n) is 9.38. The SMILES string of the molecule is C1=CC(n2c3ccccc3c3c(-c4ccc5c(c4)Oc4ccccc4C54c5ccccc5Oc5cc(C6=CCCN6)ccc54)cccc32)CCC1. The van der Waals surface area contributed by atoms with E-state index >= 15 is 0 Å². The highest BCUT2D eigenvalue weighted by Crippen LogP contribution is 2.62. The van der Waals surface area contributed by atoms with Crippen molar-refractivity contribution in [2.75, 3.05) is 6.54 Å². The molecule has 11 rings (SSSR count). The molecule has 0 saturated heterocycles. The van der Waals surface area contributed by atoms with Crippen molar-refractivity contribution in [2.45, 2.75) is 37.1 Å². The Bertz CT molecular complexity index is 2610.